The largest absolute Gasteiger partial charge is 0.352 e. The Morgan fingerprint density at radius 2 is 2.05 bits per heavy atom. The van der Waals surface area contributed by atoms with Crippen LogP contribution in [-0.2, 0) is 0 Å². The Kier molecular flexibility index (Phi) is 5.12. The highest BCUT2D eigenvalue weighted by Gasteiger charge is 2.21. The number of hydrogen-bond donors (Lipinski definition) is 1. The van der Waals surface area contributed by atoms with Gasteiger partial charge in [-0.2, -0.15) is 0 Å². The van der Waals surface area contributed by atoms with Gasteiger partial charge in [-0.3, -0.25) is 14.9 Å². The lowest BCUT2D eigenvalue weighted by Gasteiger charge is -2.25. The molecule has 1 fully saturated rings. The van der Waals surface area contributed by atoms with Gasteiger partial charge in [0.05, 0.1) is 16.6 Å². The normalized spacial score (nSPS) is 21.8. The third-order valence-electron chi connectivity index (χ3n) is 3.74. The fourth-order valence-corrected chi connectivity index (χ4v) is 2.71. The van der Waals surface area contributed by atoms with Gasteiger partial charge >= 0.3 is 0 Å². The Bertz CT molecular complexity index is 545. The number of benzene rings is 1. The van der Waals surface area contributed by atoms with E-state index in [0.29, 0.717) is 12.5 Å². The standard InChI is InChI=1S/C14H16ClFN2O3/c15-10-3-1-9(2-4-10)8-17-14(19)12-6-5-11(18(20)21)7-13(12)16/h5-7,9-10H,1-4,8H2,(H,17,19). The second kappa shape index (κ2) is 6.85. The lowest BCUT2D eigenvalue weighted by Crippen LogP contribution is -2.31. The predicted octanol–water partition coefficient (Wildman–Crippen LogP) is 3.26. The van der Waals surface area contributed by atoms with Gasteiger partial charge in [-0.15, -0.1) is 11.6 Å². The topological polar surface area (TPSA) is 72.2 Å². The van der Waals surface area contributed by atoms with Gasteiger partial charge in [-0.1, -0.05) is 0 Å². The summed E-state index contributed by atoms with van der Waals surface area (Å²) in [7, 11) is 0. The van der Waals surface area contributed by atoms with E-state index in [1.807, 2.05) is 0 Å². The fourth-order valence-electron chi connectivity index (χ4n) is 2.46. The summed E-state index contributed by atoms with van der Waals surface area (Å²) >= 11 is 6.01. The summed E-state index contributed by atoms with van der Waals surface area (Å²) in [5, 5.41) is 13.4. The molecule has 21 heavy (non-hydrogen) atoms. The Hall–Kier alpha value is -1.69. The van der Waals surface area contributed by atoms with Crippen LogP contribution in [0, 0.1) is 21.8 Å². The molecule has 0 aliphatic heterocycles. The molecule has 1 aliphatic rings. The molecule has 0 spiro atoms. The van der Waals surface area contributed by atoms with Gasteiger partial charge in [0.1, 0.15) is 5.82 Å². The highest BCUT2D eigenvalue weighted by molar-refractivity contribution is 6.20. The Labute approximate surface area is 126 Å². The van der Waals surface area contributed by atoms with Crippen molar-refractivity contribution in [3.05, 3.63) is 39.7 Å². The lowest BCUT2D eigenvalue weighted by atomic mass is 9.89. The number of nitro benzene ring substituents is 1. The van der Waals surface area contributed by atoms with Crippen LogP contribution in [0.25, 0.3) is 0 Å². The zero-order valence-electron chi connectivity index (χ0n) is 11.4. The first-order valence-corrected chi connectivity index (χ1v) is 7.27. The Morgan fingerprint density at radius 3 is 2.62 bits per heavy atom. The van der Waals surface area contributed by atoms with Crippen LogP contribution in [-0.4, -0.2) is 22.8 Å². The van der Waals surface area contributed by atoms with E-state index in [1.165, 1.54) is 0 Å². The van der Waals surface area contributed by atoms with E-state index in [1.54, 1.807) is 0 Å². The molecule has 7 heteroatoms. The maximum atomic E-state index is 13.7. The second-order valence-corrected chi connectivity index (χ2v) is 5.87. The summed E-state index contributed by atoms with van der Waals surface area (Å²) in [6.07, 6.45) is 3.73. The van der Waals surface area contributed by atoms with Crippen LogP contribution in [0.4, 0.5) is 10.1 Å². The molecule has 0 radical (unpaired) electrons. The highest BCUT2D eigenvalue weighted by atomic mass is 35.5. The average molecular weight is 315 g/mol. The predicted molar refractivity (Wildman–Crippen MR) is 77.0 cm³/mol. The molecule has 0 bridgehead atoms. The summed E-state index contributed by atoms with van der Waals surface area (Å²) in [6, 6.07) is 3.02. The van der Waals surface area contributed by atoms with E-state index >= 15 is 0 Å². The minimum atomic E-state index is -0.883. The first-order valence-electron chi connectivity index (χ1n) is 6.83. The van der Waals surface area contributed by atoms with Crippen LogP contribution in [0.3, 0.4) is 0 Å². The number of nitrogens with one attached hydrogen (secondary N) is 1. The van der Waals surface area contributed by atoms with Crippen molar-refractivity contribution in [2.45, 2.75) is 31.1 Å². The smallest absolute Gasteiger partial charge is 0.272 e. The summed E-state index contributed by atoms with van der Waals surface area (Å²) in [6.45, 7) is 0.471. The monoisotopic (exact) mass is 314 g/mol. The van der Waals surface area contributed by atoms with Crippen molar-refractivity contribution in [3.63, 3.8) is 0 Å². The van der Waals surface area contributed by atoms with Gasteiger partial charge in [0.2, 0.25) is 0 Å². The molecular weight excluding hydrogens is 299 g/mol. The van der Waals surface area contributed by atoms with Crippen molar-refractivity contribution in [3.8, 4) is 0 Å². The van der Waals surface area contributed by atoms with Gasteiger partial charge in [0.15, 0.2) is 0 Å². The van der Waals surface area contributed by atoms with Gasteiger partial charge in [-0.25, -0.2) is 4.39 Å². The molecule has 1 saturated carbocycles. The molecule has 1 aromatic carbocycles. The third-order valence-corrected chi connectivity index (χ3v) is 4.17. The minimum absolute atomic E-state index is 0.174. The van der Waals surface area contributed by atoms with Crippen molar-refractivity contribution in [1.82, 2.24) is 5.32 Å². The quantitative estimate of drug-likeness (QED) is 0.526. The first kappa shape index (κ1) is 15.7. The van der Waals surface area contributed by atoms with E-state index in [2.05, 4.69) is 5.32 Å². The number of carbonyl (C=O) groups is 1. The number of alkyl halides is 1. The maximum absolute atomic E-state index is 13.7. The molecule has 0 atom stereocenters. The number of carbonyl (C=O) groups excluding carboxylic acids is 1. The molecule has 1 N–H and O–H groups in total. The van der Waals surface area contributed by atoms with Crippen molar-refractivity contribution in [2.24, 2.45) is 5.92 Å². The van der Waals surface area contributed by atoms with Gasteiger partial charge in [0.25, 0.3) is 11.6 Å². The number of amides is 1. The lowest BCUT2D eigenvalue weighted by molar-refractivity contribution is -0.385. The first-order chi connectivity index (χ1) is 9.97. The SMILES string of the molecule is O=C(NCC1CCC(Cl)CC1)c1ccc([N+](=O)[O-])cc1F. The van der Waals surface area contributed by atoms with Gasteiger partial charge in [0, 0.05) is 18.0 Å². The third kappa shape index (κ3) is 4.14. The highest BCUT2D eigenvalue weighted by Crippen LogP contribution is 2.27. The van der Waals surface area contributed by atoms with E-state index in [9.17, 15) is 19.3 Å². The van der Waals surface area contributed by atoms with E-state index < -0.39 is 16.6 Å². The molecule has 1 aliphatic carbocycles. The molecule has 1 aromatic rings. The zero-order valence-corrected chi connectivity index (χ0v) is 12.1. The summed E-state index contributed by atoms with van der Waals surface area (Å²) in [5.74, 6) is -1.08. The Balaban J connectivity index is 1.93. The maximum Gasteiger partial charge on any atom is 0.272 e. The molecule has 0 heterocycles. The van der Waals surface area contributed by atoms with Crippen LogP contribution in [0.15, 0.2) is 18.2 Å². The number of nitro groups is 1. The number of hydrogen-bond acceptors (Lipinski definition) is 3. The summed E-state index contributed by atoms with van der Waals surface area (Å²) in [5.41, 5.74) is -0.545. The second-order valence-electron chi connectivity index (χ2n) is 5.25. The molecular formula is C14H16ClFN2O3. The van der Waals surface area contributed by atoms with Gasteiger partial charge < -0.3 is 5.32 Å². The Morgan fingerprint density at radius 1 is 1.38 bits per heavy atom. The van der Waals surface area contributed by atoms with E-state index in [0.717, 1.165) is 43.9 Å². The zero-order chi connectivity index (χ0) is 15.4. The number of non-ortho nitro benzene ring substituents is 1. The molecule has 114 valence electrons. The number of halogens is 2. The fraction of sp³-hybridized carbons (Fsp3) is 0.500. The van der Waals surface area contributed by atoms with E-state index in [4.69, 9.17) is 11.6 Å². The molecule has 0 unspecified atom stereocenters. The molecule has 0 aromatic heterocycles. The number of rotatable bonds is 4. The summed E-state index contributed by atoms with van der Waals surface area (Å²) < 4.78 is 13.7. The van der Waals surface area contributed by atoms with Crippen LogP contribution < -0.4 is 5.32 Å². The molecule has 5 nitrogen and oxygen atoms in total. The van der Waals surface area contributed by atoms with Gasteiger partial charge in [-0.05, 0) is 37.7 Å². The van der Waals surface area contributed by atoms with Crippen LogP contribution in [0.5, 0.6) is 0 Å². The molecule has 2 rings (SSSR count). The van der Waals surface area contributed by atoms with Crippen molar-refractivity contribution < 1.29 is 14.1 Å². The van der Waals surface area contributed by atoms with Crippen LogP contribution >= 0.6 is 11.6 Å². The van der Waals surface area contributed by atoms with Crippen molar-refractivity contribution in [2.75, 3.05) is 6.54 Å². The molecule has 1 amide bonds. The number of nitrogens with zero attached hydrogens (tertiary/aromatic N) is 1. The average Bonchev–Trinajstić information content (AvgIpc) is 2.46. The van der Waals surface area contributed by atoms with E-state index in [-0.39, 0.29) is 16.6 Å². The van der Waals surface area contributed by atoms with Crippen molar-refractivity contribution in [1.29, 1.82) is 0 Å². The van der Waals surface area contributed by atoms with Crippen LogP contribution in [0.2, 0.25) is 0 Å². The minimum Gasteiger partial charge on any atom is -0.352 e. The molecule has 0 saturated heterocycles. The van der Waals surface area contributed by atoms with Crippen LogP contribution in [0.1, 0.15) is 36.0 Å². The van der Waals surface area contributed by atoms with Crippen molar-refractivity contribution >= 4 is 23.2 Å². The summed E-state index contributed by atoms with van der Waals surface area (Å²) in [4.78, 5) is 21.7.